The smallest absolute Gasteiger partial charge is 0.421 e. The van der Waals surface area contributed by atoms with Crippen LogP contribution < -0.4 is 29.9 Å². The zero-order chi connectivity index (χ0) is 29.1. The van der Waals surface area contributed by atoms with Crippen molar-refractivity contribution in [1.29, 1.82) is 0 Å². The molecule has 14 heteroatoms. The molecule has 11 nitrogen and oxygen atoms in total. The monoisotopic (exact) mass is 574 g/mol. The first kappa shape index (κ1) is 28.1. The molecule has 0 aliphatic carbocycles. The summed E-state index contributed by atoms with van der Waals surface area (Å²) in [6.45, 7) is 2.75. The zero-order valence-corrected chi connectivity index (χ0v) is 22.7. The van der Waals surface area contributed by atoms with Crippen LogP contribution in [0.25, 0.3) is 0 Å². The number of amides is 1. The minimum atomic E-state index is -4.72. The fourth-order valence-electron chi connectivity index (χ4n) is 4.63. The molecule has 1 fully saturated rings. The number of cyclic esters (lactones) is 1. The molecule has 3 aromatic rings. The lowest BCUT2D eigenvalue weighted by atomic mass is 10.1. The average molecular weight is 575 g/mol. The van der Waals surface area contributed by atoms with Crippen LogP contribution in [0.15, 0.2) is 36.5 Å². The highest BCUT2D eigenvalue weighted by Crippen LogP contribution is 2.40. The molecule has 0 bridgehead atoms. The van der Waals surface area contributed by atoms with E-state index in [4.69, 9.17) is 18.9 Å². The first-order chi connectivity index (χ1) is 19.7. The summed E-state index contributed by atoms with van der Waals surface area (Å²) < 4.78 is 63.4. The Labute approximate surface area is 234 Å². The lowest BCUT2D eigenvalue weighted by Gasteiger charge is -2.29. The summed E-state index contributed by atoms with van der Waals surface area (Å²) in [5.41, 5.74) is 1.90. The summed E-state index contributed by atoms with van der Waals surface area (Å²) in [5, 5.41) is 5.74. The second-order valence-corrected chi connectivity index (χ2v) is 9.29. The number of nitrogens with one attached hydrogen (secondary N) is 2. The van der Waals surface area contributed by atoms with Crippen molar-refractivity contribution in [3.8, 4) is 11.5 Å². The molecule has 1 amide bonds. The maximum atomic E-state index is 14.0. The number of anilines is 6. The highest BCUT2D eigenvalue weighted by molar-refractivity contribution is 5.90. The molecule has 0 atom stereocenters. The molecule has 41 heavy (non-hydrogen) atoms. The van der Waals surface area contributed by atoms with E-state index in [1.807, 2.05) is 0 Å². The predicted molar refractivity (Wildman–Crippen MR) is 146 cm³/mol. The molecule has 1 aromatic heterocycles. The van der Waals surface area contributed by atoms with Gasteiger partial charge in [-0.25, -0.2) is 9.78 Å². The van der Waals surface area contributed by atoms with Crippen molar-refractivity contribution in [3.63, 3.8) is 0 Å². The average Bonchev–Trinajstić information content (AvgIpc) is 3.10. The third kappa shape index (κ3) is 6.01. The van der Waals surface area contributed by atoms with Crippen molar-refractivity contribution in [2.24, 2.45) is 0 Å². The number of nitrogens with zero attached hydrogens (tertiary/aromatic N) is 4. The minimum absolute atomic E-state index is 0.100. The molecule has 0 spiro atoms. The Bertz CT molecular complexity index is 1430. The first-order valence-corrected chi connectivity index (χ1v) is 12.8. The van der Waals surface area contributed by atoms with Gasteiger partial charge in [-0.2, -0.15) is 18.2 Å². The van der Waals surface area contributed by atoms with Crippen LogP contribution in [0, 0.1) is 0 Å². The fraction of sp³-hybridized carbons (Fsp3) is 0.370. The molecule has 0 unspecified atom stereocenters. The van der Waals surface area contributed by atoms with E-state index in [-0.39, 0.29) is 12.6 Å². The molecular weight excluding hydrogens is 545 g/mol. The zero-order valence-electron chi connectivity index (χ0n) is 22.7. The van der Waals surface area contributed by atoms with Crippen molar-refractivity contribution in [2.45, 2.75) is 12.6 Å². The van der Waals surface area contributed by atoms with E-state index in [9.17, 15) is 18.0 Å². The number of ether oxygens (including phenoxy) is 4. The van der Waals surface area contributed by atoms with Gasteiger partial charge in [-0.05, 0) is 23.8 Å². The van der Waals surface area contributed by atoms with Crippen LogP contribution in [-0.4, -0.2) is 70.2 Å². The van der Waals surface area contributed by atoms with Gasteiger partial charge in [0.2, 0.25) is 5.95 Å². The van der Waals surface area contributed by atoms with Crippen LogP contribution in [0.3, 0.4) is 0 Å². The van der Waals surface area contributed by atoms with Crippen molar-refractivity contribution < 1.29 is 36.9 Å². The largest absolute Gasteiger partial charge is 0.494 e. The van der Waals surface area contributed by atoms with Gasteiger partial charge in [0.05, 0.1) is 51.1 Å². The minimum Gasteiger partial charge on any atom is -0.494 e. The summed E-state index contributed by atoms with van der Waals surface area (Å²) >= 11 is 0. The van der Waals surface area contributed by atoms with Crippen LogP contribution in [0.1, 0.15) is 11.1 Å². The number of fused-ring (bicyclic) bond motifs is 1. The van der Waals surface area contributed by atoms with Crippen molar-refractivity contribution in [1.82, 2.24) is 9.97 Å². The Kier molecular flexibility index (Phi) is 7.92. The Morgan fingerprint density at radius 1 is 0.976 bits per heavy atom. The fourth-order valence-corrected chi connectivity index (χ4v) is 4.63. The van der Waals surface area contributed by atoms with Gasteiger partial charge in [-0.15, -0.1) is 0 Å². The highest BCUT2D eigenvalue weighted by Gasteiger charge is 2.36. The van der Waals surface area contributed by atoms with Gasteiger partial charge in [0, 0.05) is 50.6 Å². The van der Waals surface area contributed by atoms with Crippen molar-refractivity contribution in [2.75, 3.05) is 74.6 Å². The molecule has 5 rings (SSSR count). The second kappa shape index (κ2) is 11.6. The van der Waals surface area contributed by atoms with Crippen LogP contribution >= 0.6 is 0 Å². The topological polar surface area (TPSA) is 110 Å². The number of alkyl halides is 3. The number of aromatic nitrogens is 2. The third-order valence-electron chi connectivity index (χ3n) is 6.79. The molecule has 3 heterocycles. The maximum Gasteiger partial charge on any atom is 0.421 e. The van der Waals surface area contributed by atoms with Crippen LogP contribution in [0.2, 0.25) is 0 Å². The molecule has 2 aliphatic heterocycles. The number of benzene rings is 2. The van der Waals surface area contributed by atoms with E-state index in [0.29, 0.717) is 67.5 Å². The summed E-state index contributed by atoms with van der Waals surface area (Å²) in [6, 6.07) is 8.58. The quantitative estimate of drug-likeness (QED) is 0.402. The molecule has 2 aromatic carbocycles. The summed E-state index contributed by atoms with van der Waals surface area (Å²) in [6.07, 6.45) is -4.07. The number of morpholine rings is 1. The van der Waals surface area contributed by atoms with E-state index in [0.717, 1.165) is 11.3 Å². The van der Waals surface area contributed by atoms with Crippen molar-refractivity contribution in [3.05, 3.63) is 47.7 Å². The molecule has 1 saturated heterocycles. The SMILES string of the molecule is COc1cc2c(cc1Nc1ncc(C(F)(F)F)c(Nc3ccc(N4CCOCC4)cc3OC)n1)CCOC(=O)N2C. The number of rotatable bonds is 7. The van der Waals surface area contributed by atoms with Crippen LogP contribution in [0.4, 0.5) is 52.5 Å². The lowest BCUT2D eigenvalue weighted by Crippen LogP contribution is -2.36. The number of hydrogen-bond acceptors (Lipinski definition) is 10. The Balaban J connectivity index is 1.47. The number of carbonyl (C=O) groups excluding carboxylic acids is 1. The summed E-state index contributed by atoms with van der Waals surface area (Å²) in [7, 11) is 4.47. The van der Waals surface area contributed by atoms with Gasteiger partial charge < -0.3 is 34.5 Å². The van der Waals surface area contributed by atoms with Crippen LogP contribution in [-0.2, 0) is 22.1 Å². The molecule has 2 aliphatic rings. The van der Waals surface area contributed by atoms with E-state index >= 15 is 0 Å². The highest BCUT2D eigenvalue weighted by atomic mass is 19.4. The Hall–Kier alpha value is -4.46. The number of carbonyl (C=O) groups is 1. The molecule has 218 valence electrons. The van der Waals surface area contributed by atoms with E-state index in [1.165, 1.54) is 19.1 Å². The molecule has 0 saturated carbocycles. The molecule has 0 radical (unpaired) electrons. The van der Waals surface area contributed by atoms with Crippen LogP contribution in [0.5, 0.6) is 11.5 Å². The van der Waals surface area contributed by atoms with E-state index < -0.39 is 23.7 Å². The van der Waals surface area contributed by atoms with Gasteiger partial charge >= 0.3 is 12.3 Å². The number of hydrogen-bond donors (Lipinski definition) is 2. The van der Waals surface area contributed by atoms with Gasteiger partial charge in [-0.3, -0.25) is 4.90 Å². The molecular formula is C27H29F3N6O5. The van der Waals surface area contributed by atoms with E-state index in [1.54, 1.807) is 37.4 Å². The second-order valence-electron chi connectivity index (χ2n) is 9.29. The Morgan fingerprint density at radius 2 is 1.71 bits per heavy atom. The number of halogens is 3. The van der Waals surface area contributed by atoms with Gasteiger partial charge in [0.25, 0.3) is 0 Å². The lowest BCUT2D eigenvalue weighted by molar-refractivity contribution is -0.137. The third-order valence-corrected chi connectivity index (χ3v) is 6.79. The van der Waals surface area contributed by atoms with Crippen molar-refractivity contribution >= 4 is 40.6 Å². The maximum absolute atomic E-state index is 14.0. The first-order valence-electron chi connectivity index (χ1n) is 12.8. The van der Waals surface area contributed by atoms with Gasteiger partial charge in [-0.1, -0.05) is 0 Å². The summed E-state index contributed by atoms with van der Waals surface area (Å²) in [5.74, 6) is 0.129. The summed E-state index contributed by atoms with van der Waals surface area (Å²) in [4.78, 5) is 23.7. The molecule has 2 N–H and O–H groups in total. The van der Waals surface area contributed by atoms with E-state index in [2.05, 4.69) is 25.5 Å². The normalized spacial score (nSPS) is 15.5. The standard InChI is InChI=1S/C27H29F3N6O5/c1-35-21-14-23(39-3)20(12-16(21)6-9-41-26(35)37)33-25-31-15-18(27(28,29)30)24(34-25)32-19-5-4-17(13-22(19)38-2)36-7-10-40-11-8-36/h4-5,12-15H,6-11H2,1-3H3,(H2,31,32,33,34). The Morgan fingerprint density at radius 3 is 2.41 bits per heavy atom. The van der Waals surface area contributed by atoms with Gasteiger partial charge in [0.1, 0.15) is 22.9 Å². The number of methoxy groups -OCH3 is 2. The predicted octanol–water partition coefficient (Wildman–Crippen LogP) is 4.97. The van der Waals surface area contributed by atoms with Gasteiger partial charge in [0.15, 0.2) is 0 Å².